The zero-order valence-corrected chi connectivity index (χ0v) is 15.2. The lowest BCUT2D eigenvalue weighted by Crippen LogP contribution is -2.11. The molecule has 1 heterocycles. The Balaban J connectivity index is 2.21. The molecule has 126 valence electrons. The summed E-state index contributed by atoms with van der Waals surface area (Å²) in [4.78, 5) is 4.26. The molecule has 0 unspecified atom stereocenters. The van der Waals surface area contributed by atoms with Gasteiger partial charge >= 0.3 is 0 Å². The summed E-state index contributed by atoms with van der Waals surface area (Å²) in [6.45, 7) is 10.3. The van der Waals surface area contributed by atoms with E-state index in [-0.39, 0.29) is 11.1 Å². The lowest BCUT2D eigenvalue weighted by atomic mass is 9.97. The van der Waals surface area contributed by atoms with Crippen LogP contribution in [0.15, 0.2) is 33.8 Å². The Kier molecular flexibility index (Phi) is 5.08. The molecule has 0 saturated heterocycles. The van der Waals surface area contributed by atoms with Gasteiger partial charge in [0, 0.05) is 12.5 Å². The fourth-order valence-electron chi connectivity index (χ4n) is 2.10. The van der Waals surface area contributed by atoms with Gasteiger partial charge < -0.3 is 4.42 Å². The van der Waals surface area contributed by atoms with Crippen LogP contribution in [0.5, 0.6) is 0 Å². The van der Waals surface area contributed by atoms with Gasteiger partial charge in [-0.15, -0.1) is 0 Å². The lowest BCUT2D eigenvalue weighted by Gasteiger charge is -2.13. The van der Waals surface area contributed by atoms with Crippen LogP contribution in [0, 0.1) is 11.3 Å². The Morgan fingerprint density at radius 1 is 1.25 bits per heavy atom. The normalized spacial score (nSPS) is 11.9. The maximum atomic E-state index is 9.26. The summed E-state index contributed by atoms with van der Waals surface area (Å²) in [7, 11) is 1.74. The summed E-state index contributed by atoms with van der Waals surface area (Å²) >= 11 is 0. The summed E-state index contributed by atoms with van der Waals surface area (Å²) < 4.78 is 5.75. The molecule has 1 aromatic heterocycles. The summed E-state index contributed by atoms with van der Waals surface area (Å²) in [6, 6.07) is 10.3. The molecule has 0 amide bonds. The van der Waals surface area contributed by atoms with E-state index < -0.39 is 0 Å². The highest BCUT2D eigenvalue weighted by Gasteiger charge is 2.25. The number of rotatable bonds is 4. The maximum absolute atomic E-state index is 9.26. The smallest absolute Gasteiger partial charge is 0.254 e. The molecule has 0 spiro atoms. The molecular formula is C19H24N4O. The van der Waals surface area contributed by atoms with Crippen molar-refractivity contribution in [2.24, 2.45) is 5.10 Å². The van der Waals surface area contributed by atoms with E-state index in [0.29, 0.717) is 17.7 Å². The molecule has 0 N–H and O–H groups in total. The predicted octanol–water partition coefficient (Wildman–Crippen LogP) is 4.44. The molecule has 0 aliphatic rings. The molecule has 24 heavy (non-hydrogen) atoms. The van der Waals surface area contributed by atoms with Crippen molar-refractivity contribution in [3.63, 3.8) is 0 Å². The minimum absolute atomic E-state index is 0.245. The first-order valence-corrected chi connectivity index (χ1v) is 8.01. The van der Waals surface area contributed by atoms with Crippen LogP contribution in [0.1, 0.15) is 63.2 Å². The van der Waals surface area contributed by atoms with E-state index >= 15 is 0 Å². The molecule has 5 nitrogen and oxygen atoms in total. The quantitative estimate of drug-likeness (QED) is 0.616. The largest absolute Gasteiger partial charge is 0.421 e. The van der Waals surface area contributed by atoms with Crippen molar-refractivity contribution in [3.05, 3.63) is 47.0 Å². The van der Waals surface area contributed by atoms with Crippen LogP contribution in [0.3, 0.4) is 0 Å². The second kappa shape index (κ2) is 6.88. The van der Waals surface area contributed by atoms with Crippen molar-refractivity contribution in [1.29, 1.82) is 5.26 Å². The second-order valence-corrected chi connectivity index (χ2v) is 7.12. The Bertz CT molecular complexity index is 758. The average molecular weight is 324 g/mol. The first-order chi connectivity index (χ1) is 11.2. The maximum Gasteiger partial charge on any atom is 0.254 e. The van der Waals surface area contributed by atoms with Crippen molar-refractivity contribution in [3.8, 4) is 6.07 Å². The molecule has 5 heteroatoms. The number of oxazole rings is 1. The number of hydrogen-bond donors (Lipinski definition) is 0. The molecule has 0 aliphatic carbocycles. The fourth-order valence-corrected chi connectivity index (χ4v) is 2.10. The summed E-state index contributed by atoms with van der Waals surface area (Å²) in [5.74, 6) is 1.39. The average Bonchev–Trinajstić information content (AvgIpc) is 2.97. The Morgan fingerprint density at radius 3 is 2.38 bits per heavy atom. The number of hydrazone groups is 1. The zero-order chi connectivity index (χ0) is 17.9. The topological polar surface area (TPSA) is 65.4 Å². The number of hydrogen-bond acceptors (Lipinski definition) is 5. The van der Waals surface area contributed by atoms with Crippen LogP contribution < -0.4 is 5.01 Å². The zero-order valence-electron chi connectivity index (χ0n) is 15.2. The van der Waals surface area contributed by atoms with Crippen molar-refractivity contribution < 1.29 is 4.42 Å². The lowest BCUT2D eigenvalue weighted by molar-refractivity contribution is 0.394. The van der Waals surface area contributed by atoms with Gasteiger partial charge in [0.25, 0.3) is 5.88 Å². The van der Waals surface area contributed by atoms with E-state index in [1.165, 1.54) is 10.6 Å². The molecule has 0 radical (unpaired) electrons. The van der Waals surface area contributed by atoms with E-state index in [1.807, 2.05) is 32.9 Å². The summed E-state index contributed by atoms with van der Waals surface area (Å²) in [5, 5.41) is 15.2. The van der Waals surface area contributed by atoms with Gasteiger partial charge in [0.1, 0.15) is 6.07 Å². The molecule has 0 aliphatic heterocycles. The van der Waals surface area contributed by atoms with Gasteiger partial charge in [-0.1, -0.05) is 58.9 Å². The third-order valence-electron chi connectivity index (χ3n) is 3.63. The fraction of sp³-hybridized carbons (Fsp3) is 0.421. The van der Waals surface area contributed by atoms with E-state index in [9.17, 15) is 5.26 Å². The minimum atomic E-state index is -0.263. The standard InChI is InChI=1S/C19H24N4O/c1-13(2)15-9-7-14(8-10-15)12-21-23(6)17-16(11-20)22-18(24-17)19(3,4)5/h7-10,12-13H,1-6H3. The SMILES string of the molecule is CC(C)c1ccc(C=NN(C)c2oc(C(C)(C)C)nc2C#N)cc1. The van der Waals surface area contributed by atoms with E-state index in [0.717, 1.165) is 5.56 Å². The number of aromatic nitrogens is 1. The molecular weight excluding hydrogens is 300 g/mol. The number of benzene rings is 1. The third kappa shape index (κ3) is 4.02. The van der Waals surface area contributed by atoms with Crippen LogP contribution in [0.2, 0.25) is 0 Å². The van der Waals surface area contributed by atoms with E-state index in [1.54, 1.807) is 13.3 Å². The number of nitrogens with zero attached hydrogens (tertiary/aromatic N) is 4. The first kappa shape index (κ1) is 17.7. The van der Waals surface area contributed by atoms with Crippen molar-refractivity contribution in [2.75, 3.05) is 12.1 Å². The van der Waals surface area contributed by atoms with Crippen molar-refractivity contribution in [2.45, 2.75) is 46.0 Å². The van der Waals surface area contributed by atoms with E-state index in [4.69, 9.17) is 4.42 Å². The van der Waals surface area contributed by atoms with Gasteiger partial charge in [0.2, 0.25) is 11.6 Å². The molecule has 0 fully saturated rings. The predicted molar refractivity (Wildman–Crippen MR) is 96.4 cm³/mol. The third-order valence-corrected chi connectivity index (χ3v) is 3.63. The van der Waals surface area contributed by atoms with Crippen LogP contribution in [-0.2, 0) is 5.41 Å². The summed E-state index contributed by atoms with van der Waals surface area (Å²) in [6.07, 6.45) is 1.74. The van der Waals surface area contributed by atoms with Gasteiger partial charge in [-0.3, -0.25) is 0 Å². The highest BCUT2D eigenvalue weighted by molar-refractivity contribution is 5.80. The Morgan fingerprint density at radius 2 is 1.88 bits per heavy atom. The van der Waals surface area contributed by atoms with E-state index in [2.05, 4.69) is 42.1 Å². The highest BCUT2D eigenvalue weighted by Crippen LogP contribution is 2.28. The molecule has 0 saturated carbocycles. The summed E-state index contributed by atoms with van der Waals surface area (Å²) in [5.41, 5.74) is 2.26. The molecule has 2 rings (SSSR count). The van der Waals surface area contributed by atoms with Gasteiger partial charge in [-0.25, -0.2) is 5.01 Å². The van der Waals surface area contributed by atoms with Gasteiger partial charge in [0.05, 0.1) is 6.21 Å². The van der Waals surface area contributed by atoms with Gasteiger partial charge in [-0.2, -0.15) is 15.3 Å². The second-order valence-electron chi connectivity index (χ2n) is 7.12. The monoisotopic (exact) mass is 324 g/mol. The Hall–Kier alpha value is -2.61. The number of nitriles is 1. The van der Waals surface area contributed by atoms with Gasteiger partial charge in [0.15, 0.2) is 0 Å². The molecule has 2 aromatic rings. The van der Waals surface area contributed by atoms with Crippen molar-refractivity contribution in [1.82, 2.24) is 4.98 Å². The number of anilines is 1. The van der Waals surface area contributed by atoms with Crippen LogP contribution in [0.4, 0.5) is 5.88 Å². The molecule has 1 aromatic carbocycles. The van der Waals surface area contributed by atoms with Crippen molar-refractivity contribution >= 4 is 12.1 Å². The highest BCUT2D eigenvalue weighted by atomic mass is 16.4. The van der Waals surface area contributed by atoms with Gasteiger partial charge in [-0.05, 0) is 17.0 Å². The van der Waals surface area contributed by atoms with Crippen LogP contribution >= 0.6 is 0 Å². The van der Waals surface area contributed by atoms with Crippen LogP contribution in [0.25, 0.3) is 0 Å². The minimum Gasteiger partial charge on any atom is -0.421 e. The molecule has 0 atom stereocenters. The Labute approximate surface area is 143 Å². The molecule has 0 bridgehead atoms. The first-order valence-electron chi connectivity index (χ1n) is 8.01. The van der Waals surface area contributed by atoms with Crippen LogP contribution in [-0.4, -0.2) is 18.2 Å².